The maximum atomic E-state index is 12.1. The molecule has 2 aromatic heterocycles. The number of pyridine rings is 1. The maximum absolute atomic E-state index is 12.1. The van der Waals surface area contributed by atoms with Gasteiger partial charge in [0, 0.05) is 30.7 Å². The molecule has 20 heavy (non-hydrogen) atoms. The number of halogens is 1. The predicted octanol–water partition coefficient (Wildman–Crippen LogP) is 2.05. The van der Waals surface area contributed by atoms with E-state index in [0.29, 0.717) is 16.1 Å². The number of nitrogens with one attached hydrogen (secondary N) is 2. The van der Waals surface area contributed by atoms with E-state index in [1.807, 2.05) is 18.4 Å². The fraction of sp³-hybridized carbons (Fsp3) is 0.308. The predicted molar refractivity (Wildman–Crippen MR) is 76.4 cm³/mol. The summed E-state index contributed by atoms with van der Waals surface area (Å²) >= 11 is 5.90. The van der Waals surface area contributed by atoms with Crippen LogP contribution in [0.4, 0.5) is 0 Å². The number of carbonyl (C=O) groups excluding carboxylic acids is 2. The van der Waals surface area contributed by atoms with Crippen molar-refractivity contribution in [1.29, 1.82) is 0 Å². The second-order valence-corrected chi connectivity index (χ2v) is 5.09. The average Bonchev–Trinajstić information content (AvgIpc) is 2.74. The van der Waals surface area contributed by atoms with Crippen LogP contribution in [0.15, 0.2) is 18.5 Å². The van der Waals surface area contributed by atoms with Gasteiger partial charge < -0.3 is 4.57 Å². The number of aromatic nitrogens is 2. The largest absolute Gasteiger partial charge is 0.344 e. The molecule has 0 fully saturated rings. The van der Waals surface area contributed by atoms with Gasteiger partial charge in [-0.05, 0) is 19.9 Å². The van der Waals surface area contributed by atoms with Crippen LogP contribution in [0, 0.1) is 0 Å². The standard InChI is InChI=1S/C13H15ClN4O2/c1-7(2)18-6-10(13(20)17-16-8(3)19)9-5-15-12(14)4-11(9)18/h4-7H,1-3H3,(H,16,19)(H,17,20). The summed E-state index contributed by atoms with van der Waals surface area (Å²) in [6.07, 6.45) is 3.28. The molecule has 2 heterocycles. The molecule has 0 unspecified atom stereocenters. The number of nitrogens with zero attached hydrogens (tertiary/aromatic N) is 2. The van der Waals surface area contributed by atoms with Crippen molar-refractivity contribution in [2.24, 2.45) is 0 Å². The van der Waals surface area contributed by atoms with Crippen molar-refractivity contribution in [3.63, 3.8) is 0 Å². The summed E-state index contributed by atoms with van der Waals surface area (Å²) in [5.74, 6) is -0.735. The zero-order valence-electron chi connectivity index (χ0n) is 11.4. The minimum Gasteiger partial charge on any atom is -0.344 e. The van der Waals surface area contributed by atoms with E-state index in [0.717, 1.165) is 5.52 Å². The summed E-state index contributed by atoms with van der Waals surface area (Å²) in [6, 6.07) is 1.88. The molecule has 0 bridgehead atoms. The molecule has 0 aliphatic heterocycles. The molecule has 0 aliphatic carbocycles. The smallest absolute Gasteiger partial charge is 0.271 e. The Balaban J connectivity index is 2.48. The molecule has 0 spiro atoms. The molecule has 0 saturated heterocycles. The second kappa shape index (κ2) is 5.50. The van der Waals surface area contributed by atoms with E-state index in [2.05, 4.69) is 15.8 Å². The number of hydrogen-bond acceptors (Lipinski definition) is 3. The Hall–Kier alpha value is -2.08. The van der Waals surface area contributed by atoms with Gasteiger partial charge in [0.15, 0.2) is 0 Å². The first kappa shape index (κ1) is 14.3. The molecule has 2 N–H and O–H groups in total. The number of fused-ring (bicyclic) bond motifs is 1. The molecule has 0 aromatic carbocycles. The molecule has 106 valence electrons. The lowest BCUT2D eigenvalue weighted by Crippen LogP contribution is -2.40. The van der Waals surface area contributed by atoms with Crippen molar-refractivity contribution in [1.82, 2.24) is 20.4 Å². The highest BCUT2D eigenvalue weighted by molar-refractivity contribution is 6.30. The lowest BCUT2D eigenvalue weighted by Gasteiger charge is -2.08. The second-order valence-electron chi connectivity index (χ2n) is 4.70. The Morgan fingerprint density at radius 2 is 2.05 bits per heavy atom. The lowest BCUT2D eigenvalue weighted by atomic mass is 10.2. The number of carbonyl (C=O) groups is 2. The first-order valence-corrected chi connectivity index (χ1v) is 6.51. The zero-order valence-corrected chi connectivity index (χ0v) is 12.2. The van der Waals surface area contributed by atoms with Gasteiger partial charge in [-0.2, -0.15) is 0 Å². The molecule has 2 amide bonds. The van der Waals surface area contributed by atoms with Crippen LogP contribution in [0.2, 0.25) is 5.15 Å². The molecule has 2 rings (SSSR count). The van der Waals surface area contributed by atoms with Crippen LogP contribution < -0.4 is 10.9 Å². The normalized spacial score (nSPS) is 10.8. The van der Waals surface area contributed by atoms with E-state index in [-0.39, 0.29) is 11.9 Å². The SMILES string of the molecule is CC(=O)NNC(=O)c1cn(C(C)C)c2cc(Cl)ncc12. The summed E-state index contributed by atoms with van der Waals surface area (Å²) in [4.78, 5) is 26.9. The summed E-state index contributed by atoms with van der Waals surface area (Å²) in [5, 5.41) is 1.05. The summed E-state index contributed by atoms with van der Waals surface area (Å²) in [5.41, 5.74) is 5.87. The monoisotopic (exact) mass is 294 g/mol. The zero-order chi connectivity index (χ0) is 14.9. The van der Waals surface area contributed by atoms with Gasteiger partial charge in [0.05, 0.1) is 11.1 Å². The third-order valence-electron chi connectivity index (χ3n) is 2.84. The number of hydrazine groups is 1. The molecule has 2 aromatic rings. The number of rotatable bonds is 2. The summed E-state index contributed by atoms with van der Waals surface area (Å²) in [6.45, 7) is 5.32. The van der Waals surface area contributed by atoms with Gasteiger partial charge in [-0.15, -0.1) is 0 Å². The molecule has 6 nitrogen and oxygen atoms in total. The molecular formula is C13H15ClN4O2. The van der Waals surface area contributed by atoms with Gasteiger partial charge in [0.2, 0.25) is 5.91 Å². The average molecular weight is 295 g/mol. The molecular weight excluding hydrogens is 280 g/mol. The van der Waals surface area contributed by atoms with Crippen LogP contribution >= 0.6 is 11.6 Å². The molecule has 0 atom stereocenters. The topological polar surface area (TPSA) is 76.0 Å². The van der Waals surface area contributed by atoms with Crippen molar-refractivity contribution < 1.29 is 9.59 Å². The van der Waals surface area contributed by atoms with Crippen LogP contribution in [-0.2, 0) is 4.79 Å². The minimum absolute atomic E-state index is 0.165. The summed E-state index contributed by atoms with van der Waals surface area (Å²) < 4.78 is 1.94. The Bertz CT molecular complexity index is 678. The highest BCUT2D eigenvalue weighted by Gasteiger charge is 2.17. The Kier molecular flexibility index (Phi) is 3.94. The minimum atomic E-state index is -0.395. The van der Waals surface area contributed by atoms with E-state index in [4.69, 9.17) is 11.6 Å². The van der Waals surface area contributed by atoms with Gasteiger partial charge in [-0.25, -0.2) is 4.98 Å². The van der Waals surface area contributed by atoms with Gasteiger partial charge in [0.1, 0.15) is 5.15 Å². The van der Waals surface area contributed by atoms with Gasteiger partial charge in [-0.3, -0.25) is 20.4 Å². The first-order valence-electron chi connectivity index (χ1n) is 6.13. The van der Waals surface area contributed by atoms with E-state index < -0.39 is 5.91 Å². The van der Waals surface area contributed by atoms with E-state index in [1.54, 1.807) is 18.5 Å². The lowest BCUT2D eigenvalue weighted by molar-refractivity contribution is -0.119. The van der Waals surface area contributed by atoms with Gasteiger partial charge in [0.25, 0.3) is 5.91 Å². The fourth-order valence-electron chi connectivity index (χ4n) is 1.94. The van der Waals surface area contributed by atoms with Crippen LogP contribution in [0.3, 0.4) is 0 Å². The summed E-state index contributed by atoms with van der Waals surface area (Å²) in [7, 11) is 0. The third kappa shape index (κ3) is 2.75. The van der Waals surface area contributed by atoms with Crippen molar-refractivity contribution in [2.45, 2.75) is 26.8 Å². The Labute approximate surface area is 121 Å². The van der Waals surface area contributed by atoms with Crippen LogP contribution in [-0.4, -0.2) is 21.4 Å². The van der Waals surface area contributed by atoms with Crippen LogP contribution in [0.1, 0.15) is 37.2 Å². The molecule has 7 heteroatoms. The highest BCUT2D eigenvalue weighted by Crippen LogP contribution is 2.25. The molecule has 0 saturated carbocycles. The Morgan fingerprint density at radius 3 is 2.65 bits per heavy atom. The van der Waals surface area contributed by atoms with Crippen molar-refractivity contribution in [3.05, 3.63) is 29.2 Å². The van der Waals surface area contributed by atoms with Crippen molar-refractivity contribution in [2.75, 3.05) is 0 Å². The Morgan fingerprint density at radius 1 is 1.35 bits per heavy atom. The van der Waals surface area contributed by atoms with Crippen LogP contribution in [0.5, 0.6) is 0 Å². The molecule has 0 aliphatic rings. The first-order chi connectivity index (χ1) is 9.40. The van der Waals surface area contributed by atoms with Crippen molar-refractivity contribution >= 4 is 34.3 Å². The van der Waals surface area contributed by atoms with E-state index in [9.17, 15) is 9.59 Å². The maximum Gasteiger partial charge on any atom is 0.271 e. The van der Waals surface area contributed by atoms with E-state index >= 15 is 0 Å². The highest BCUT2D eigenvalue weighted by atomic mass is 35.5. The van der Waals surface area contributed by atoms with Gasteiger partial charge in [-0.1, -0.05) is 11.6 Å². The van der Waals surface area contributed by atoms with Crippen LogP contribution in [0.25, 0.3) is 10.9 Å². The molecule has 0 radical (unpaired) electrons. The van der Waals surface area contributed by atoms with Crippen molar-refractivity contribution in [3.8, 4) is 0 Å². The number of amides is 2. The van der Waals surface area contributed by atoms with E-state index in [1.165, 1.54) is 6.92 Å². The number of hydrogen-bond donors (Lipinski definition) is 2. The quantitative estimate of drug-likeness (QED) is 0.657. The fourth-order valence-corrected chi connectivity index (χ4v) is 2.09. The van der Waals surface area contributed by atoms with Gasteiger partial charge >= 0.3 is 0 Å². The third-order valence-corrected chi connectivity index (χ3v) is 3.05.